The fourth-order valence-electron chi connectivity index (χ4n) is 0.404. The maximum absolute atomic E-state index is 10.4. The van der Waals surface area contributed by atoms with Gasteiger partial charge in [0.1, 0.15) is 6.61 Å². The first kappa shape index (κ1) is 14.1. The van der Waals surface area contributed by atoms with Gasteiger partial charge in [0.25, 0.3) is 0 Å². The second-order valence-corrected chi connectivity index (χ2v) is 1.89. The summed E-state index contributed by atoms with van der Waals surface area (Å²) in [7, 11) is 0. The normalized spacial score (nSPS) is 8.55. The van der Waals surface area contributed by atoms with Crippen molar-refractivity contribution < 1.29 is 14.3 Å². The third-order valence-electron chi connectivity index (χ3n) is 0.824. The summed E-state index contributed by atoms with van der Waals surface area (Å²) >= 11 is 3.73. The van der Waals surface area contributed by atoms with Crippen molar-refractivity contribution in [3.8, 4) is 0 Å². The SMILES string of the molecule is CCOCCOC(=O)CS.[SbH3]. The summed E-state index contributed by atoms with van der Waals surface area (Å²) in [6.07, 6.45) is 0. The van der Waals surface area contributed by atoms with E-state index in [4.69, 9.17) is 4.74 Å². The number of rotatable bonds is 5. The predicted molar refractivity (Wildman–Crippen MR) is 51.2 cm³/mol. The molecule has 0 fully saturated rings. The molecule has 0 heterocycles. The van der Waals surface area contributed by atoms with E-state index in [1.807, 2.05) is 6.92 Å². The number of esters is 1. The van der Waals surface area contributed by atoms with Crippen LogP contribution >= 0.6 is 12.6 Å². The molecule has 0 saturated heterocycles. The van der Waals surface area contributed by atoms with Crippen molar-refractivity contribution in [2.24, 2.45) is 0 Å². The van der Waals surface area contributed by atoms with Gasteiger partial charge in [-0.25, -0.2) is 0 Å². The molecule has 0 N–H and O–H groups in total. The van der Waals surface area contributed by atoms with Crippen molar-refractivity contribution in [2.75, 3.05) is 25.6 Å². The summed E-state index contributed by atoms with van der Waals surface area (Å²) < 4.78 is 9.58. The first-order chi connectivity index (χ1) is 4.81. The van der Waals surface area contributed by atoms with E-state index in [-0.39, 0.29) is 36.2 Å². The molecule has 0 aromatic carbocycles. The summed E-state index contributed by atoms with van der Waals surface area (Å²) in [5.74, 6) is -0.172. The molecule has 68 valence electrons. The molecular formula is C6H15O3SSb. The molecule has 0 unspecified atom stereocenters. The van der Waals surface area contributed by atoms with Crippen LogP contribution in [-0.2, 0) is 14.3 Å². The Labute approximate surface area is 89.7 Å². The molecule has 0 atom stereocenters. The molecule has 0 aliphatic heterocycles. The van der Waals surface area contributed by atoms with Crippen molar-refractivity contribution >= 4 is 43.0 Å². The van der Waals surface area contributed by atoms with Crippen LogP contribution in [0.15, 0.2) is 0 Å². The van der Waals surface area contributed by atoms with Gasteiger partial charge in [-0.05, 0) is 6.92 Å². The van der Waals surface area contributed by atoms with Crippen LogP contribution in [0.5, 0.6) is 0 Å². The average molecular weight is 289 g/mol. The molecule has 5 heteroatoms. The van der Waals surface area contributed by atoms with Gasteiger partial charge in [0.05, 0.1) is 12.4 Å². The van der Waals surface area contributed by atoms with Gasteiger partial charge in [-0.15, -0.1) is 0 Å². The van der Waals surface area contributed by atoms with Gasteiger partial charge in [-0.1, -0.05) is 0 Å². The van der Waals surface area contributed by atoms with Crippen LogP contribution in [0.25, 0.3) is 0 Å². The molecule has 0 aromatic heterocycles. The number of carbonyl (C=O) groups is 1. The van der Waals surface area contributed by atoms with Crippen LogP contribution in [-0.4, -0.2) is 56.0 Å². The number of ether oxygens (including phenoxy) is 2. The zero-order valence-electron chi connectivity index (χ0n) is 6.71. The predicted octanol–water partition coefficient (Wildman–Crippen LogP) is -0.688. The van der Waals surface area contributed by atoms with E-state index in [9.17, 15) is 4.79 Å². The Morgan fingerprint density at radius 2 is 2.09 bits per heavy atom. The Morgan fingerprint density at radius 3 is 2.55 bits per heavy atom. The molecular weight excluding hydrogens is 274 g/mol. The second-order valence-electron chi connectivity index (χ2n) is 1.58. The minimum atomic E-state index is -0.303. The molecule has 0 spiro atoms. The van der Waals surface area contributed by atoms with Crippen molar-refractivity contribution in [3.63, 3.8) is 0 Å². The van der Waals surface area contributed by atoms with E-state index in [0.717, 1.165) is 0 Å². The maximum atomic E-state index is 10.4. The minimum absolute atomic E-state index is 0. The fourth-order valence-corrected chi connectivity index (χ4v) is 0.496. The van der Waals surface area contributed by atoms with Crippen molar-refractivity contribution in [2.45, 2.75) is 6.92 Å². The van der Waals surface area contributed by atoms with Crippen LogP contribution in [0.4, 0.5) is 0 Å². The standard InChI is InChI=1S/C6H12O3S.Sb.3H/c1-2-8-3-4-9-6(7)5-10;;;;/h10H,2-5H2,1H3;;;;. The molecule has 0 saturated carbocycles. The third-order valence-corrected chi connectivity index (χ3v) is 1.08. The van der Waals surface area contributed by atoms with Crippen LogP contribution in [0.1, 0.15) is 6.92 Å². The Hall–Kier alpha value is 0.598. The van der Waals surface area contributed by atoms with Crippen molar-refractivity contribution in [3.05, 3.63) is 0 Å². The van der Waals surface area contributed by atoms with E-state index in [1.54, 1.807) is 0 Å². The van der Waals surface area contributed by atoms with Gasteiger partial charge in [0, 0.05) is 6.61 Å². The fraction of sp³-hybridized carbons (Fsp3) is 0.833. The van der Waals surface area contributed by atoms with Crippen LogP contribution in [0, 0.1) is 0 Å². The van der Waals surface area contributed by atoms with E-state index >= 15 is 0 Å². The topological polar surface area (TPSA) is 35.5 Å². The van der Waals surface area contributed by atoms with Crippen molar-refractivity contribution in [1.82, 2.24) is 0 Å². The summed E-state index contributed by atoms with van der Waals surface area (Å²) in [6, 6.07) is 0. The van der Waals surface area contributed by atoms with Gasteiger partial charge in [-0.3, -0.25) is 4.79 Å². The molecule has 11 heavy (non-hydrogen) atoms. The summed E-state index contributed by atoms with van der Waals surface area (Å²) in [6.45, 7) is 3.34. The number of thiol groups is 1. The van der Waals surface area contributed by atoms with E-state index in [0.29, 0.717) is 19.8 Å². The van der Waals surface area contributed by atoms with Gasteiger partial charge < -0.3 is 9.47 Å². The summed E-state index contributed by atoms with van der Waals surface area (Å²) in [5, 5.41) is 0. The monoisotopic (exact) mass is 288 g/mol. The first-order valence-electron chi connectivity index (χ1n) is 3.15. The Kier molecular flexibility index (Phi) is 13.6. The molecule has 0 radical (unpaired) electrons. The Bertz CT molecular complexity index is 99.8. The van der Waals surface area contributed by atoms with E-state index < -0.39 is 0 Å². The molecule has 0 aromatic rings. The Balaban J connectivity index is 0. The molecule has 3 nitrogen and oxygen atoms in total. The van der Waals surface area contributed by atoms with E-state index in [1.165, 1.54) is 0 Å². The zero-order valence-corrected chi connectivity index (χ0v) is 11.6. The number of hydrogen-bond donors (Lipinski definition) is 1. The summed E-state index contributed by atoms with van der Waals surface area (Å²) in [4.78, 5) is 10.4. The second kappa shape index (κ2) is 10.6. The zero-order chi connectivity index (χ0) is 7.82. The summed E-state index contributed by atoms with van der Waals surface area (Å²) in [5.41, 5.74) is 0. The molecule has 0 amide bonds. The van der Waals surface area contributed by atoms with Crippen LogP contribution < -0.4 is 0 Å². The van der Waals surface area contributed by atoms with Gasteiger partial charge in [0.2, 0.25) is 0 Å². The average Bonchev–Trinajstić information content (AvgIpc) is 1.98. The number of hydrogen-bond acceptors (Lipinski definition) is 4. The quantitative estimate of drug-likeness (QED) is 0.315. The van der Waals surface area contributed by atoms with Crippen LogP contribution in [0.2, 0.25) is 0 Å². The molecule has 0 aliphatic rings. The van der Waals surface area contributed by atoms with Crippen LogP contribution in [0.3, 0.4) is 0 Å². The molecule has 0 bridgehead atoms. The Morgan fingerprint density at radius 1 is 1.45 bits per heavy atom. The molecule has 0 rings (SSSR count). The van der Waals surface area contributed by atoms with Gasteiger partial charge in [-0.2, -0.15) is 12.6 Å². The van der Waals surface area contributed by atoms with Gasteiger partial charge in [0.15, 0.2) is 0 Å². The first-order valence-corrected chi connectivity index (χ1v) is 3.78. The number of carbonyl (C=O) groups excluding carboxylic acids is 1. The van der Waals surface area contributed by atoms with Crippen molar-refractivity contribution in [1.29, 1.82) is 0 Å². The van der Waals surface area contributed by atoms with E-state index in [2.05, 4.69) is 17.4 Å². The van der Waals surface area contributed by atoms with Gasteiger partial charge >= 0.3 is 30.4 Å². The third kappa shape index (κ3) is 10.6. The molecule has 0 aliphatic carbocycles.